The molecule has 0 N–H and O–H groups in total. The maximum absolute atomic E-state index is 13.4. The monoisotopic (exact) mass is 431 g/mol. The van der Waals surface area contributed by atoms with Gasteiger partial charge in [-0.1, -0.05) is 42.5 Å². The van der Waals surface area contributed by atoms with Crippen LogP contribution < -0.4 is 0 Å². The molecule has 8 heteroatoms. The number of ether oxygens (including phenoxy) is 1. The van der Waals surface area contributed by atoms with Crippen LogP contribution in [-0.4, -0.2) is 48.9 Å². The van der Waals surface area contributed by atoms with Crippen molar-refractivity contribution in [2.45, 2.75) is 26.0 Å². The van der Waals surface area contributed by atoms with Gasteiger partial charge < -0.3 is 13.8 Å². The summed E-state index contributed by atoms with van der Waals surface area (Å²) in [6.07, 6.45) is -0.140. The van der Waals surface area contributed by atoms with Crippen LogP contribution >= 0.6 is 7.60 Å². The summed E-state index contributed by atoms with van der Waals surface area (Å²) >= 11 is 0. The molecule has 2 amide bonds. The molecule has 1 unspecified atom stereocenters. The Balaban J connectivity index is 2.10. The molecular weight excluding hydrogens is 405 g/mol. The summed E-state index contributed by atoms with van der Waals surface area (Å²) in [5.74, 6) is -0.985. The van der Waals surface area contributed by atoms with Gasteiger partial charge in [0.1, 0.15) is 0 Å². The lowest BCUT2D eigenvalue weighted by atomic mass is 10.0. The summed E-state index contributed by atoms with van der Waals surface area (Å²) in [5.41, 5.74) is -0.149. The fourth-order valence-electron chi connectivity index (χ4n) is 3.73. The molecule has 0 spiro atoms. The molecule has 0 aliphatic carbocycles. The molecule has 1 atom stereocenters. The number of carbonyl (C=O) groups excluding carboxylic acids is 2. The first-order valence-corrected chi connectivity index (χ1v) is 11.6. The third-order valence-corrected chi connectivity index (χ3v) is 7.18. The predicted octanol–water partition coefficient (Wildman–Crippen LogP) is 4.13. The van der Waals surface area contributed by atoms with Gasteiger partial charge in [-0.15, -0.1) is 0 Å². The summed E-state index contributed by atoms with van der Waals surface area (Å²) in [6, 6.07) is 15.9. The van der Waals surface area contributed by atoms with Gasteiger partial charge in [0, 0.05) is 13.5 Å². The molecule has 0 fully saturated rings. The Labute approximate surface area is 176 Å². The molecule has 0 radical (unpaired) electrons. The second-order valence-electron chi connectivity index (χ2n) is 6.91. The smallest absolute Gasteiger partial charge is 0.335 e. The van der Waals surface area contributed by atoms with Gasteiger partial charge in [-0.25, -0.2) is 4.90 Å². The Bertz CT molecular complexity index is 918. The number of imide groups is 1. The Morgan fingerprint density at radius 3 is 1.83 bits per heavy atom. The Hall–Kier alpha value is -2.31. The molecule has 0 saturated carbocycles. The largest absolute Gasteiger partial charge is 0.357 e. The standard InChI is InChI=1S/C22H26NO6P/c1-4-28-30(26,29-5-2)16-22(27-3,15-17-11-7-6-8-12-17)23-20(24)18-13-9-10-14-19(18)21(23)25/h6-14H,4-5,15-16H2,1-3H3. The van der Waals surface area contributed by atoms with Gasteiger partial charge in [-0.05, 0) is 31.5 Å². The van der Waals surface area contributed by atoms with Crippen molar-refractivity contribution in [3.63, 3.8) is 0 Å². The lowest BCUT2D eigenvalue weighted by molar-refractivity contribution is -0.0844. The maximum atomic E-state index is 13.4. The summed E-state index contributed by atoms with van der Waals surface area (Å²) in [4.78, 5) is 27.6. The lowest BCUT2D eigenvalue weighted by Gasteiger charge is -2.40. The number of rotatable bonds is 10. The zero-order chi connectivity index (χ0) is 21.8. The molecule has 0 bridgehead atoms. The van der Waals surface area contributed by atoms with Crippen LogP contribution in [-0.2, 0) is 24.8 Å². The number of nitrogens with zero attached hydrogens (tertiary/aromatic N) is 1. The van der Waals surface area contributed by atoms with E-state index in [9.17, 15) is 14.2 Å². The van der Waals surface area contributed by atoms with E-state index in [1.54, 1.807) is 38.1 Å². The lowest BCUT2D eigenvalue weighted by Crippen LogP contribution is -2.57. The highest BCUT2D eigenvalue weighted by molar-refractivity contribution is 7.53. The average molecular weight is 431 g/mol. The average Bonchev–Trinajstić information content (AvgIpc) is 2.99. The fourth-order valence-corrected chi connectivity index (χ4v) is 5.76. The number of carbonyl (C=O) groups is 2. The number of methoxy groups -OCH3 is 1. The van der Waals surface area contributed by atoms with Gasteiger partial charge in [0.2, 0.25) is 0 Å². The zero-order valence-electron chi connectivity index (χ0n) is 17.4. The van der Waals surface area contributed by atoms with Crippen molar-refractivity contribution in [2.24, 2.45) is 0 Å². The molecule has 3 rings (SSSR count). The van der Waals surface area contributed by atoms with E-state index in [0.29, 0.717) is 11.1 Å². The van der Waals surface area contributed by atoms with Gasteiger partial charge in [-0.2, -0.15) is 0 Å². The Morgan fingerprint density at radius 1 is 0.867 bits per heavy atom. The second kappa shape index (κ2) is 9.23. The minimum Gasteiger partial charge on any atom is -0.357 e. The van der Waals surface area contributed by atoms with Crippen molar-refractivity contribution in [2.75, 3.05) is 26.5 Å². The molecule has 1 heterocycles. The van der Waals surface area contributed by atoms with Crippen molar-refractivity contribution in [3.05, 3.63) is 71.3 Å². The topological polar surface area (TPSA) is 82.1 Å². The van der Waals surface area contributed by atoms with Crippen molar-refractivity contribution in [3.8, 4) is 0 Å². The van der Waals surface area contributed by atoms with Crippen LogP contribution in [0, 0.1) is 0 Å². The van der Waals surface area contributed by atoms with Crippen LogP contribution in [0.25, 0.3) is 0 Å². The molecule has 0 saturated heterocycles. The van der Waals surface area contributed by atoms with Crippen LogP contribution in [0.3, 0.4) is 0 Å². The molecule has 1 aliphatic heterocycles. The summed E-state index contributed by atoms with van der Waals surface area (Å²) in [6.45, 7) is 3.73. The molecule has 2 aromatic rings. The summed E-state index contributed by atoms with van der Waals surface area (Å²) in [7, 11) is -2.27. The molecule has 0 aromatic heterocycles. The molecule has 160 valence electrons. The highest BCUT2D eigenvalue weighted by Crippen LogP contribution is 2.53. The number of benzene rings is 2. The van der Waals surface area contributed by atoms with Crippen molar-refractivity contribution in [1.82, 2.24) is 4.90 Å². The molecule has 2 aromatic carbocycles. The quantitative estimate of drug-likeness (QED) is 0.416. The number of fused-ring (bicyclic) bond motifs is 1. The first-order valence-electron chi connectivity index (χ1n) is 9.85. The molecule has 1 aliphatic rings. The van der Waals surface area contributed by atoms with E-state index < -0.39 is 25.1 Å². The highest BCUT2D eigenvalue weighted by Gasteiger charge is 2.53. The van der Waals surface area contributed by atoms with Crippen LogP contribution in [0.1, 0.15) is 40.1 Å². The summed E-state index contributed by atoms with van der Waals surface area (Å²) in [5, 5.41) is 0. The Morgan fingerprint density at radius 2 is 1.37 bits per heavy atom. The first-order chi connectivity index (χ1) is 14.4. The van der Waals surface area contributed by atoms with Gasteiger partial charge >= 0.3 is 7.60 Å². The summed E-state index contributed by atoms with van der Waals surface area (Å²) < 4.78 is 30.2. The Kier molecular flexibility index (Phi) is 6.88. The predicted molar refractivity (Wildman–Crippen MR) is 113 cm³/mol. The van der Waals surface area contributed by atoms with Crippen LogP contribution in [0.2, 0.25) is 0 Å². The SMILES string of the molecule is CCOP(=O)(CC(Cc1ccccc1)(OC)N1C(=O)c2ccccc2C1=O)OCC. The van der Waals surface area contributed by atoms with E-state index in [2.05, 4.69) is 0 Å². The van der Waals surface area contributed by atoms with Gasteiger partial charge in [0.25, 0.3) is 11.8 Å². The van der Waals surface area contributed by atoms with E-state index in [-0.39, 0.29) is 25.8 Å². The third-order valence-electron chi connectivity index (χ3n) is 5.00. The minimum absolute atomic E-state index is 0.139. The van der Waals surface area contributed by atoms with E-state index in [4.69, 9.17) is 13.8 Å². The second-order valence-corrected chi connectivity index (χ2v) is 8.96. The minimum atomic E-state index is -3.67. The molecular formula is C22H26NO6P. The van der Waals surface area contributed by atoms with E-state index in [1.165, 1.54) is 7.11 Å². The molecule has 7 nitrogen and oxygen atoms in total. The maximum Gasteiger partial charge on any atom is 0.335 e. The highest BCUT2D eigenvalue weighted by atomic mass is 31.2. The van der Waals surface area contributed by atoms with Crippen molar-refractivity contribution < 1.29 is 27.9 Å². The van der Waals surface area contributed by atoms with Crippen LogP contribution in [0.15, 0.2) is 54.6 Å². The van der Waals surface area contributed by atoms with Crippen LogP contribution in [0.4, 0.5) is 0 Å². The van der Waals surface area contributed by atoms with Gasteiger partial charge in [0.15, 0.2) is 5.72 Å². The molecule has 30 heavy (non-hydrogen) atoms. The normalized spacial score (nSPS) is 15.9. The van der Waals surface area contributed by atoms with Crippen molar-refractivity contribution in [1.29, 1.82) is 0 Å². The van der Waals surface area contributed by atoms with E-state index >= 15 is 0 Å². The fraction of sp³-hybridized carbons (Fsp3) is 0.364. The van der Waals surface area contributed by atoms with E-state index in [1.807, 2.05) is 30.3 Å². The van der Waals surface area contributed by atoms with Crippen molar-refractivity contribution >= 4 is 19.4 Å². The first kappa shape index (κ1) is 22.4. The van der Waals surface area contributed by atoms with E-state index in [0.717, 1.165) is 10.5 Å². The van der Waals surface area contributed by atoms with Gasteiger partial charge in [-0.3, -0.25) is 14.2 Å². The number of hydrogen-bond acceptors (Lipinski definition) is 6. The van der Waals surface area contributed by atoms with Crippen LogP contribution in [0.5, 0.6) is 0 Å². The number of amides is 2. The van der Waals surface area contributed by atoms with Gasteiger partial charge in [0.05, 0.1) is 30.5 Å². The third kappa shape index (κ3) is 4.25. The number of hydrogen-bond donors (Lipinski definition) is 0. The zero-order valence-corrected chi connectivity index (χ0v) is 18.3.